The molecule has 1 aromatic carbocycles. The fourth-order valence-corrected chi connectivity index (χ4v) is 4.69. The van der Waals surface area contributed by atoms with E-state index in [1.54, 1.807) is 11.3 Å². The summed E-state index contributed by atoms with van der Waals surface area (Å²) < 4.78 is 0. The molecule has 1 aliphatic rings. The Bertz CT molecular complexity index is 839. The zero-order valence-electron chi connectivity index (χ0n) is 12.4. The topological polar surface area (TPSA) is 54.9 Å². The fourth-order valence-electron chi connectivity index (χ4n) is 2.82. The Morgan fingerprint density at radius 2 is 1.91 bits per heavy atom. The number of hydrogen-bond donors (Lipinski definition) is 1. The third-order valence-electron chi connectivity index (χ3n) is 3.97. The van der Waals surface area contributed by atoms with Gasteiger partial charge in [0.2, 0.25) is 5.13 Å². The number of benzene rings is 1. The number of hydrogen-bond acceptors (Lipinski definition) is 5. The molecule has 0 bridgehead atoms. The van der Waals surface area contributed by atoms with E-state index < -0.39 is 0 Å². The maximum atomic E-state index is 12.5. The van der Waals surface area contributed by atoms with Gasteiger partial charge >= 0.3 is 0 Å². The number of aromatic nitrogens is 2. The van der Waals surface area contributed by atoms with Gasteiger partial charge in [0.25, 0.3) is 5.91 Å². The molecule has 23 heavy (non-hydrogen) atoms. The third kappa shape index (κ3) is 2.92. The van der Waals surface area contributed by atoms with Crippen LogP contribution in [0, 0.1) is 0 Å². The molecular weight excluding hydrogens is 326 g/mol. The maximum Gasteiger partial charge on any atom is 0.258 e. The molecule has 1 N–H and O–H groups in total. The van der Waals surface area contributed by atoms with Gasteiger partial charge in [0, 0.05) is 15.8 Å². The number of fused-ring (bicyclic) bond motifs is 1. The number of anilines is 1. The van der Waals surface area contributed by atoms with E-state index in [1.807, 2.05) is 35.7 Å². The minimum Gasteiger partial charge on any atom is -0.296 e. The van der Waals surface area contributed by atoms with Crippen LogP contribution in [0.5, 0.6) is 0 Å². The summed E-state index contributed by atoms with van der Waals surface area (Å²) in [4.78, 5) is 13.9. The van der Waals surface area contributed by atoms with E-state index in [0.717, 1.165) is 29.0 Å². The summed E-state index contributed by atoms with van der Waals surface area (Å²) >= 11 is 3.10. The predicted octanol–water partition coefficient (Wildman–Crippen LogP) is 4.40. The Kier molecular flexibility index (Phi) is 3.93. The van der Waals surface area contributed by atoms with Crippen molar-refractivity contribution in [3.63, 3.8) is 0 Å². The van der Waals surface area contributed by atoms with Crippen LogP contribution in [0.4, 0.5) is 5.13 Å². The molecule has 0 radical (unpaired) electrons. The summed E-state index contributed by atoms with van der Waals surface area (Å²) in [5.41, 5.74) is 3.05. The number of carbonyl (C=O) groups excluding carboxylic acids is 1. The summed E-state index contributed by atoms with van der Waals surface area (Å²) in [6.07, 6.45) is 4.50. The Labute approximate surface area is 142 Å². The largest absolute Gasteiger partial charge is 0.296 e. The fraction of sp³-hybridized carbons (Fsp3) is 0.235. The summed E-state index contributed by atoms with van der Waals surface area (Å²) in [5.74, 6) is -0.0693. The number of nitrogens with zero attached hydrogens (tertiary/aromatic N) is 2. The van der Waals surface area contributed by atoms with Crippen LogP contribution in [0.15, 0.2) is 35.7 Å². The first-order chi connectivity index (χ1) is 11.3. The molecule has 0 saturated carbocycles. The number of thiophene rings is 1. The van der Waals surface area contributed by atoms with E-state index in [-0.39, 0.29) is 5.91 Å². The summed E-state index contributed by atoms with van der Waals surface area (Å²) in [5, 5.41) is 14.5. The van der Waals surface area contributed by atoms with Crippen LogP contribution in [-0.4, -0.2) is 16.1 Å². The van der Waals surface area contributed by atoms with Crippen molar-refractivity contribution in [2.45, 2.75) is 25.7 Å². The number of nitrogens with one attached hydrogen (secondary N) is 1. The standard InChI is InChI=1S/C17H15N3OS2/c21-15(13-10-22-14-9-5-4-8-12(13)14)18-17-20-19-16(23-17)11-6-2-1-3-7-11/h1-3,6-7,10H,4-5,8-9H2,(H,18,20,21). The maximum absolute atomic E-state index is 12.5. The van der Waals surface area contributed by atoms with E-state index in [1.165, 1.54) is 34.6 Å². The quantitative estimate of drug-likeness (QED) is 0.768. The number of amides is 1. The molecule has 2 heterocycles. The number of aryl methyl sites for hydroxylation is 1. The van der Waals surface area contributed by atoms with Gasteiger partial charge in [0.15, 0.2) is 0 Å². The monoisotopic (exact) mass is 341 g/mol. The highest BCUT2D eigenvalue weighted by Gasteiger charge is 2.21. The number of carbonyl (C=O) groups is 1. The van der Waals surface area contributed by atoms with Crippen molar-refractivity contribution < 1.29 is 4.79 Å². The lowest BCUT2D eigenvalue weighted by molar-refractivity contribution is 0.102. The minimum absolute atomic E-state index is 0.0693. The van der Waals surface area contributed by atoms with Gasteiger partial charge in [-0.2, -0.15) is 0 Å². The average molecular weight is 341 g/mol. The zero-order chi connectivity index (χ0) is 15.6. The van der Waals surface area contributed by atoms with Crippen molar-refractivity contribution in [2.75, 3.05) is 5.32 Å². The Hall–Kier alpha value is -2.05. The summed E-state index contributed by atoms with van der Waals surface area (Å²) in [7, 11) is 0. The molecule has 0 unspecified atom stereocenters. The van der Waals surface area contributed by atoms with Crippen LogP contribution in [0.2, 0.25) is 0 Å². The highest BCUT2D eigenvalue weighted by atomic mass is 32.1. The Balaban J connectivity index is 1.53. The van der Waals surface area contributed by atoms with Gasteiger partial charge in [-0.1, -0.05) is 41.7 Å². The molecule has 0 fully saturated rings. The van der Waals surface area contributed by atoms with Gasteiger partial charge in [0.05, 0.1) is 5.56 Å². The molecule has 0 atom stereocenters. The van der Waals surface area contributed by atoms with Crippen LogP contribution < -0.4 is 5.32 Å². The minimum atomic E-state index is -0.0693. The molecule has 2 aromatic heterocycles. The molecule has 116 valence electrons. The van der Waals surface area contributed by atoms with Crippen molar-refractivity contribution in [3.05, 3.63) is 51.7 Å². The van der Waals surface area contributed by atoms with Crippen LogP contribution >= 0.6 is 22.7 Å². The lowest BCUT2D eigenvalue weighted by Crippen LogP contribution is -2.14. The molecule has 0 aliphatic heterocycles. The highest BCUT2D eigenvalue weighted by Crippen LogP contribution is 2.31. The summed E-state index contributed by atoms with van der Waals surface area (Å²) in [6.45, 7) is 0. The predicted molar refractivity (Wildman–Crippen MR) is 94.3 cm³/mol. The van der Waals surface area contributed by atoms with Crippen molar-refractivity contribution >= 4 is 33.7 Å². The van der Waals surface area contributed by atoms with Crippen LogP contribution in [0.1, 0.15) is 33.6 Å². The lowest BCUT2D eigenvalue weighted by Gasteiger charge is -2.12. The van der Waals surface area contributed by atoms with Crippen molar-refractivity contribution in [1.82, 2.24) is 10.2 Å². The summed E-state index contributed by atoms with van der Waals surface area (Å²) in [6, 6.07) is 9.87. The third-order valence-corrected chi connectivity index (χ3v) is 5.95. The first kappa shape index (κ1) is 14.5. The van der Waals surface area contributed by atoms with Crippen LogP contribution in [0.25, 0.3) is 10.6 Å². The highest BCUT2D eigenvalue weighted by molar-refractivity contribution is 7.18. The van der Waals surface area contributed by atoms with E-state index in [9.17, 15) is 4.79 Å². The smallest absolute Gasteiger partial charge is 0.258 e. The van der Waals surface area contributed by atoms with E-state index in [0.29, 0.717) is 5.13 Å². The first-order valence-corrected chi connectivity index (χ1v) is 9.30. The molecule has 4 rings (SSSR count). The second kappa shape index (κ2) is 6.22. The van der Waals surface area contributed by atoms with Gasteiger partial charge in [-0.05, 0) is 31.2 Å². The van der Waals surface area contributed by atoms with Gasteiger partial charge in [-0.25, -0.2) is 0 Å². The molecule has 3 aromatic rings. The van der Waals surface area contributed by atoms with E-state index >= 15 is 0 Å². The molecule has 0 saturated heterocycles. The molecule has 1 amide bonds. The van der Waals surface area contributed by atoms with Crippen molar-refractivity contribution in [2.24, 2.45) is 0 Å². The van der Waals surface area contributed by atoms with Gasteiger partial charge < -0.3 is 0 Å². The van der Waals surface area contributed by atoms with E-state index in [2.05, 4.69) is 15.5 Å². The normalized spacial score (nSPS) is 13.6. The Morgan fingerprint density at radius 1 is 1.09 bits per heavy atom. The SMILES string of the molecule is O=C(Nc1nnc(-c2ccccc2)s1)c1csc2c1CCCC2. The second-order valence-electron chi connectivity index (χ2n) is 5.49. The van der Waals surface area contributed by atoms with Crippen molar-refractivity contribution in [3.8, 4) is 10.6 Å². The number of rotatable bonds is 3. The van der Waals surface area contributed by atoms with Gasteiger partial charge in [-0.3, -0.25) is 10.1 Å². The van der Waals surface area contributed by atoms with Crippen molar-refractivity contribution in [1.29, 1.82) is 0 Å². The first-order valence-electron chi connectivity index (χ1n) is 7.61. The van der Waals surface area contributed by atoms with Crippen LogP contribution in [-0.2, 0) is 12.8 Å². The Morgan fingerprint density at radius 3 is 2.78 bits per heavy atom. The lowest BCUT2D eigenvalue weighted by atomic mass is 9.96. The van der Waals surface area contributed by atoms with Gasteiger partial charge in [-0.15, -0.1) is 21.5 Å². The molecule has 1 aliphatic carbocycles. The molecule has 6 heteroatoms. The van der Waals surface area contributed by atoms with E-state index in [4.69, 9.17) is 0 Å². The molecule has 4 nitrogen and oxygen atoms in total. The molecule has 0 spiro atoms. The zero-order valence-corrected chi connectivity index (χ0v) is 14.0. The average Bonchev–Trinajstić information content (AvgIpc) is 3.22. The van der Waals surface area contributed by atoms with Crippen LogP contribution in [0.3, 0.4) is 0 Å². The second-order valence-corrected chi connectivity index (χ2v) is 7.43. The van der Waals surface area contributed by atoms with Gasteiger partial charge in [0.1, 0.15) is 5.01 Å². The molecular formula is C17H15N3OS2.